The molecule has 2 amide bonds. The molecule has 0 fully saturated rings. The maximum Gasteiger partial charge on any atom is 0.337 e. The van der Waals surface area contributed by atoms with Gasteiger partial charge in [0.25, 0.3) is 0 Å². The Morgan fingerprint density at radius 3 is 2.38 bits per heavy atom. The molecule has 6 nitrogen and oxygen atoms in total. The van der Waals surface area contributed by atoms with Crippen molar-refractivity contribution in [3.63, 3.8) is 0 Å². The second-order valence-corrected chi connectivity index (χ2v) is 6.30. The van der Waals surface area contributed by atoms with Crippen LogP contribution in [0.3, 0.4) is 0 Å². The number of carboxylic acid groups (broad SMARTS) is 1. The Labute approximate surface area is 131 Å². The maximum absolute atomic E-state index is 11.8. The summed E-state index contributed by atoms with van der Waals surface area (Å²) in [5, 5.41) is 14.1. The summed E-state index contributed by atoms with van der Waals surface area (Å²) in [7, 11) is 0. The van der Waals surface area contributed by atoms with Crippen molar-refractivity contribution < 1.29 is 19.5 Å². The summed E-state index contributed by atoms with van der Waals surface area (Å²) in [6, 6.07) is 4.57. The number of anilines is 1. The highest BCUT2D eigenvalue weighted by Crippen LogP contribution is 2.26. The number of hydrogen-bond acceptors (Lipinski definition) is 3. The second-order valence-electron chi connectivity index (χ2n) is 5.45. The predicted octanol–water partition coefficient (Wildman–Crippen LogP) is 2.25. The molecule has 7 heteroatoms. The summed E-state index contributed by atoms with van der Waals surface area (Å²) >= 11 is 3.19. The first-order chi connectivity index (χ1) is 9.62. The topological polar surface area (TPSA) is 95.5 Å². The van der Waals surface area contributed by atoms with Gasteiger partial charge in [-0.1, -0.05) is 26.8 Å². The smallest absolute Gasteiger partial charge is 0.337 e. The molecule has 0 atom stereocenters. The van der Waals surface area contributed by atoms with Crippen LogP contribution in [0.5, 0.6) is 0 Å². The van der Waals surface area contributed by atoms with E-state index >= 15 is 0 Å². The van der Waals surface area contributed by atoms with Crippen LogP contribution in [0.25, 0.3) is 0 Å². The van der Waals surface area contributed by atoms with Crippen molar-refractivity contribution in [3.05, 3.63) is 28.2 Å². The Kier molecular flexibility index (Phi) is 5.48. The van der Waals surface area contributed by atoms with Crippen LogP contribution in [0.2, 0.25) is 0 Å². The summed E-state index contributed by atoms with van der Waals surface area (Å²) in [5.41, 5.74) is -0.459. The molecule has 0 unspecified atom stereocenters. The van der Waals surface area contributed by atoms with Crippen LogP contribution in [-0.2, 0) is 9.59 Å². The number of aromatic carboxylic acids is 1. The number of nitrogens with one attached hydrogen (secondary N) is 2. The van der Waals surface area contributed by atoms with Gasteiger partial charge >= 0.3 is 5.97 Å². The number of para-hydroxylation sites is 1. The molecule has 21 heavy (non-hydrogen) atoms. The van der Waals surface area contributed by atoms with Crippen LogP contribution >= 0.6 is 15.9 Å². The largest absolute Gasteiger partial charge is 0.478 e. The monoisotopic (exact) mass is 356 g/mol. The third-order valence-electron chi connectivity index (χ3n) is 2.60. The van der Waals surface area contributed by atoms with Gasteiger partial charge in [0.1, 0.15) is 0 Å². The average molecular weight is 357 g/mol. The zero-order chi connectivity index (χ0) is 16.2. The van der Waals surface area contributed by atoms with E-state index in [9.17, 15) is 14.4 Å². The lowest BCUT2D eigenvalue weighted by Crippen LogP contribution is -2.39. The molecule has 0 aliphatic rings. The highest BCUT2D eigenvalue weighted by Gasteiger charge is 2.22. The van der Waals surface area contributed by atoms with E-state index in [1.165, 1.54) is 6.07 Å². The van der Waals surface area contributed by atoms with Gasteiger partial charge in [0.2, 0.25) is 11.8 Å². The van der Waals surface area contributed by atoms with E-state index in [0.717, 1.165) is 0 Å². The zero-order valence-electron chi connectivity index (χ0n) is 12.0. The fraction of sp³-hybridized carbons (Fsp3) is 0.357. The van der Waals surface area contributed by atoms with Crippen molar-refractivity contribution in [2.45, 2.75) is 20.8 Å². The minimum atomic E-state index is -1.15. The molecule has 1 aromatic rings. The maximum atomic E-state index is 11.8. The van der Waals surface area contributed by atoms with Crippen molar-refractivity contribution in [1.29, 1.82) is 0 Å². The van der Waals surface area contributed by atoms with E-state index < -0.39 is 17.3 Å². The molecule has 114 valence electrons. The van der Waals surface area contributed by atoms with E-state index in [4.69, 9.17) is 5.11 Å². The highest BCUT2D eigenvalue weighted by molar-refractivity contribution is 9.10. The second kappa shape index (κ2) is 6.71. The molecule has 0 saturated carbocycles. The lowest BCUT2D eigenvalue weighted by Gasteiger charge is -2.17. The van der Waals surface area contributed by atoms with Crippen LogP contribution in [-0.4, -0.2) is 29.4 Å². The van der Waals surface area contributed by atoms with Crippen molar-refractivity contribution in [3.8, 4) is 0 Å². The van der Waals surface area contributed by atoms with E-state index in [1.807, 2.05) is 0 Å². The first-order valence-corrected chi connectivity index (χ1v) is 7.02. The lowest BCUT2D eigenvalue weighted by molar-refractivity contribution is -0.130. The molecule has 1 rings (SSSR count). The van der Waals surface area contributed by atoms with E-state index in [2.05, 4.69) is 26.6 Å². The fourth-order valence-electron chi connectivity index (χ4n) is 1.44. The van der Waals surface area contributed by atoms with E-state index in [-0.39, 0.29) is 23.7 Å². The van der Waals surface area contributed by atoms with Gasteiger partial charge in [-0.15, -0.1) is 0 Å². The molecule has 1 aromatic carbocycles. The van der Waals surface area contributed by atoms with Gasteiger partial charge in [0, 0.05) is 9.89 Å². The Morgan fingerprint density at radius 2 is 1.86 bits per heavy atom. The van der Waals surface area contributed by atoms with Gasteiger partial charge in [-0.05, 0) is 28.1 Å². The molecule has 0 radical (unpaired) electrons. The molecule has 0 saturated heterocycles. The minimum Gasteiger partial charge on any atom is -0.478 e. The summed E-state index contributed by atoms with van der Waals surface area (Å²) in [5.74, 6) is -1.91. The van der Waals surface area contributed by atoms with Crippen LogP contribution in [0.15, 0.2) is 22.7 Å². The van der Waals surface area contributed by atoms with Gasteiger partial charge < -0.3 is 15.7 Å². The first kappa shape index (κ1) is 17.2. The van der Waals surface area contributed by atoms with E-state index in [0.29, 0.717) is 4.47 Å². The van der Waals surface area contributed by atoms with Gasteiger partial charge in [-0.25, -0.2) is 4.79 Å². The molecule has 0 spiro atoms. The molecule has 0 aliphatic heterocycles. The summed E-state index contributed by atoms with van der Waals surface area (Å²) in [6.07, 6.45) is 0. The fourth-order valence-corrected chi connectivity index (χ4v) is 1.90. The quantitative estimate of drug-likeness (QED) is 0.770. The number of halogens is 1. The SMILES string of the molecule is CC(C)(C)C(=O)NCC(=O)Nc1c(Br)cccc1C(=O)O. The molecule has 0 bridgehead atoms. The van der Waals surface area contributed by atoms with Crippen LogP contribution in [0, 0.1) is 5.41 Å². The third kappa shape index (κ3) is 4.86. The average Bonchev–Trinajstić information content (AvgIpc) is 2.36. The first-order valence-electron chi connectivity index (χ1n) is 6.23. The number of carbonyl (C=O) groups is 3. The number of carbonyl (C=O) groups excluding carboxylic acids is 2. The minimum absolute atomic E-state index is 0.0279. The Morgan fingerprint density at radius 1 is 1.24 bits per heavy atom. The standard InChI is InChI=1S/C14H17BrN2O4/c1-14(2,3)13(21)16-7-10(18)17-11-8(12(19)20)5-4-6-9(11)15/h4-6H,7H2,1-3H3,(H,16,21)(H,17,18)(H,19,20). The zero-order valence-corrected chi connectivity index (χ0v) is 13.6. The van der Waals surface area contributed by atoms with Crippen molar-refractivity contribution in [1.82, 2.24) is 5.32 Å². The highest BCUT2D eigenvalue weighted by atomic mass is 79.9. The Bertz CT molecular complexity index is 579. The van der Waals surface area contributed by atoms with Crippen LogP contribution in [0.1, 0.15) is 31.1 Å². The number of benzene rings is 1. The summed E-state index contributed by atoms with van der Waals surface area (Å²) < 4.78 is 0.456. The van der Waals surface area contributed by atoms with Crippen molar-refractivity contribution >= 4 is 39.4 Å². The van der Waals surface area contributed by atoms with Gasteiger partial charge in [0.05, 0.1) is 17.8 Å². The van der Waals surface area contributed by atoms with Gasteiger partial charge in [0.15, 0.2) is 0 Å². The van der Waals surface area contributed by atoms with Gasteiger partial charge in [-0.3, -0.25) is 9.59 Å². The normalized spacial score (nSPS) is 10.9. The van der Waals surface area contributed by atoms with Crippen LogP contribution < -0.4 is 10.6 Å². The molecule has 0 heterocycles. The van der Waals surface area contributed by atoms with E-state index in [1.54, 1.807) is 32.9 Å². The third-order valence-corrected chi connectivity index (χ3v) is 3.26. The molecular weight excluding hydrogens is 340 g/mol. The molecule has 0 aliphatic carbocycles. The summed E-state index contributed by atoms with van der Waals surface area (Å²) in [6.45, 7) is 4.97. The molecule has 3 N–H and O–H groups in total. The number of amides is 2. The van der Waals surface area contributed by atoms with Crippen LogP contribution in [0.4, 0.5) is 5.69 Å². The number of hydrogen-bond donors (Lipinski definition) is 3. The lowest BCUT2D eigenvalue weighted by atomic mass is 9.96. The Balaban J connectivity index is 2.77. The molecule has 0 aromatic heterocycles. The van der Waals surface area contributed by atoms with Gasteiger partial charge in [-0.2, -0.15) is 0 Å². The number of carboxylic acids is 1. The predicted molar refractivity (Wildman–Crippen MR) is 82.2 cm³/mol. The molecular formula is C14H17BrN2O4. The van der Waals surface area contributed by atoms with Crippen molar-refractivity contribution in [2.24, 2.45) is 5.41 Å². The number of rotatable bonds is 4. The Hall–Kier alpha value is -1.89. The summed E-state index contributed by atoms with van der Waals surface area (Å²) in [4.78, 5) is 34.6. The van der Waals surface area contributed by atoms with Crippen molar-refractivity contribution in [2.75, 3.05) is 11.9 Å².